The van der Waals surface area contributed by atoms with E-state index in [0.29, 0.717) is 0 Å². The fraction of sp³-hybridized carbons (Fsp3) is 0.391. The number of aromatic nitrogens is 2. The molecule has 5 heteroatoms. The van der Waals surface area contributed by atoms with Gasteiger partial charge >= 0.3 is 0 Å². The van der Waals surface area contributed by atoms with Crippen LogP contribution in [-0.2, 0) is 12.8 Å². The summed E-state index contributed by atoms with van der Waals surface area (Å²) in [6.07, 6.45) is 8.68. The standard InChI is InChI=1S/C23H29N5/c1-24-23(25-13-10-21-18-28-14-6-5-9-22(28)26-21)27-15-11-20(12-16-27)17-19-7-3-2-4-8-19/h2-9,14,18,20H,10-13,15-17H2,1H3,(H,24,25). The lowest BCUT2D eigenvalue weighted by atomic mass is 9.90. The van der Waals surface area contributed by atoms with E-state index in [1.54, 1.807) is 0 Å². The molecule has 0 amide bonds. The predicted molar refractivity (Wildman–Crippen MR) is 115 cm³/mol. The van der Waals surface area contributed by atoms with Gasteiger partial charge in [-0.05, 0) is 42.9 Å². The Labute approximate surface area is 167 Å². The van der Waals surface area contributed by atoms with Gasteiger partial charge in [-0.1, -0.05) is 36.4 Å². The molecule has 4 rings (SSSR count). The topological polar surface area (TPSA) is 44.9 Å². The maximum Gasteiger partial charge on any atom is 0.193 e. The summed E-state index contributed by atoms with van der Waals surface area (Å²) in [7, 11) is 1.88. The van der Waals surface area contributed by atoms with Gasteiger partial charge in [-0.25, -0.2) is 4.98 Å². The van der Waals surface area contributed by atoms with E-state index < -0.39 is 0 Å². The fourth-order valence-corrected chi connectivity index (χ4v) is 4.04. The van der Waals surface area contributed by atoms with Crippen LogP contribution < -0.4 is 5.32 Å². The molecule has 1 aromatic carbocycles. The molecule has 1 aliphatic rings. The highest BCUT2D eigenvalue weighted by atomic mass is 15.3. The molecule has 1 aliphatic heterocycles. The van der Waals surface area contributed by atoms with Gasteiger partial charge in [-0.3, -0.25) is 4.99 Å². The molecule has 2 aromatic heterocycles. The molecule has 3 aromatic rings. The molecule has 0 unspecified atom stereocenters. The van der Waals surface area contributed by atoms with E-state index in [1.165, 1.54) is 24.8 Å². The largest absolute Gasteiger partial charge is 0.356 e. The van der Waals surface area contributed by atoms with Crippen LogP contribution in [0.4, 0.5) is 0 Å². The fourth-order valence-electron chi connectivity index (χ4n) is 4.04. The van der Waals surface area contributed by atoms with Gasteiger partial charge in [0.05, 0.1) is 5.69 Å². The number of piperidine rings is 1. The van der Waals surface area contributed by atoms with Crippen molar-refractivity contribution < 1.29 is 0 Å². The molecule has 0 radical (unpaired) electrons. The molecule has 1 saturated heterocycles. The van der Waals surface area contributed by atoms with Crippen LogP contribution in [0.3, 0.4) is 0 Å². The van der Waals surface area contributed by atoms with Crippen LogP contribution in [0.5, 0.6) is 0 Å². The Morgan fingerprint density at radius 1 is 1.11 bits per heavy atom. The van der Waals surface area contributed by atoms with E-state index in [2.05, 4.69) is 61.1 Å². The number of hydrogen-bond acceptors (Lipinski definition) is 2. The maximum absolute atomic E-state index is 4.67. The van der Waals surface area contributed by atoms with Crippen molar-refractivity contribution in [3.05, 3.63) is 72.2 Å². The quantitative estimate of drug-likeness (QED) is 0.549. The van der Waals surface area contributed by atoms with E-state index in [9.17, 15) is 0 Å². The Morgan fingerprint density at radius 3 is 2.64 bits per heavy atom. The van der Waals surface area contributed by atoms with Gasteiger partial charge < -0.3 is 14.6 Å². The number of aliphatic imine (C=N–C) groups is 1. The summed E-state index contributed by atoms with van der Waals surface area (Å²) in [6, 6.07) is 16.9. The minimum absolute atomic E-state index is 0.773. The van der Waals surface area contributed by atoms with Gasteiger partial charge in [0.15, 0.2) is 5.96 Å². The first-order valence-electron chi connectivity index (χ1n) is 10.2. The van der Waals surface area contributed by atoms with Gasteiger partial charge in [0.2, 0.25) is 0 Å². The number of imidazole rings is 1. The summed E-state index contributed by atoms with van der Waals surface area (Å²) >= 11 is 0. The molecular weight excluding hydrogens is 346 g/mol. The van der Waals surface area contributed by atoms with Crippen LogP contribution in [0.2, 0.25) is 0 Å². The third kappa shape index (κ3) is 4.53. The van der Waals surface area contributed by atoms with Crippen LogP contribution in [0, 0.1) is 5.92 Å². The summed E-state index contributed by atoms with van der Waals surface area (Å²) in [6.45, 7) is 3.00. The molecular formula is C23H29N5. The summed E-state index contributed by atoms with van der Waals surface area (Å²) in [5.74, 6) is 1.79. The van der Waals surface area contributed by atoms with Gasteiger partial charge in [0.25, 0.3) is 0 Å². The number of pyridine rings is 1. The number of nitrogens with one attached hydrogen (secondary N) is 1. The minimum Gasteiger partial charge on any atom is -0.356 e. The van der Waals surface area contributed by atoms with Crippen molar-refractivity contribution in [1.29, 1.82) is 0 Å². The van der Waals surface area contributed by atoms with Crippen molar-refractivity contribution in [2.45, 2.75) is 25.7 Å². The van der Waals surface area contributed by atoms with Crippen LogP contribution >= 0.6 is 0 Å². The third-order valence-corrected chi connectivity index (χ3v) is 5.57. The molecule has 0 saturated carbocycles. The second-order valence-corrected chi connectivity index (χ2v) is 7.54. The normalized spacial score (nSPS) is 15.9. The summed E-state index contributed by atoms with van der Waals surface area (Å²) in [4.78, 5) is 11.6. The zero-order chi connectivity index (χ0) is 19.2. The molecule has 0 spiro atoms. The minimum atomic E-state index is 0.773. The average Bonchev–Trinajstić information content (AvgIpc) is 3.16. The van der Waals surface area contributed by atoms with Gasteiger partial charge in [-0.15, -0.1) is 0 Å². The van der Waals surface area contributed by atoms with Gasteiger partial charge in [-0.2, -0.15) is 0 Å². The summed E-state index contributed by atoms with van der Waals surface area (Å²) in [5, 5.41) is 3.52. The third-order valence-electron chi connectivity index (χ3n) is 5.57. The second-order valence-electron chi connectivity index (χ2n) is 7.54. The zero-order valence-corrected chi connectivity index (χ0v) is 16.6. The van der Waals surface area contributed by atoms with Crippen molar-refractivity contribution in [1.82, 2.24) is 19.6 Å². The number of guanidine groups is 1. The Balaban J connectivity index is 1.24. The van der Waals surface area contributed by atoms with Crippen LogP contribution in [0.1, 0.15) is 24.1 Å². The van der Waals surface area contributed by atoms with E-state index in [0.717, 1.165) is 49.3 Å². The van der Waals surface area contributed by atoms with Gasteiger partial charge in [0, 0.05) is 45.5 Å². The van der Waals surface area contributed by atoms with Crippen LogP contribution in [0.15, 0.2) is 65.9 Å². The molecule has 5 nitrogen and oxygen atoms in total. The Morgan fingerprint density at radius 2 is 1.89 bits per heavy atom. The highest BCUT2D eigenvalue weighted by Crippen LogP contribution is 2.21. The first kappa shape index (κ1) is 18.5. The smallest absolute Gasteiger partial charge is 0.193 e. The van der Waals surface area contributed by atoms with E-state index in [1.807, 2.05) is 31.4 Å². The highest BCUT2D eigenvalue weighted by Gasteiger charge is 2.21. The number of hydrogen-bond donors (Lipinski definition) is 1. The molecule has 0 aliphatic carbocycles. The number of likely N-dealkylation sites (tertiary alicyclic amines) is 1. The van der Waals surface area contributed by atoms with E-state index in [4.69, 9.17) is 0 Å². The Kier molecular flexibility index (Phi) is 5.90. The summed E-state index contributed by atoms with van der Waals surface area (Å²) < 4.78 is 2.07. The first-order chi connectivity index (χ1) is 13.8. The number of nitrogens with zero attached hydrogens (tertiary/aromatic N) is 4. The lowest BCUT2D eigenvalue weighted by Crippen LogP contribution is -2.46. The summed E-state index contributed by atoms with van der Waals surface area (Å²) in [5.41, 5.74) is 3.56. The monoisotopic (exact) mass is 375 g/mol. The molecule has 0 atom stereocenters. The average molecular weight is 376 g/mol. The van der Waals surface area contributed by atoms with Crippen molar-refractivity contribution in [2.24, 2.45) is 10.9 Å². The lowest BCUT2D eigenvalue weighted by Gasteiger charge is -2.34. The lowest BCUT2D eigenvalue weighted by molar-refractivity contribution is 0.259. The molecule has 1 N–H and O–H groups in total. The van der Waals surface area contributed by atoms with E-state index in [-0.39, 0.29) is 0 Å². The number of fused-ring (bicyclic) bond motifs is 1. The Bertz CT molecular complexity index is 874. The zero-order valence-electron chi connectivity index (χ0n) is 16.6. The van der Waals surface area contributed by atoms with Crippen molar-refractivity contribution in [2.75, 3.05) is 26.7 Å². The number of rotatable bonds is 5. The predicted octanol–water partition coefficient (Wildman–Crippen LogP) is 3.41. The van der Waals surface area contributed by atoms with Crippen LogP contribution in [0.25, 0.3) is 5.65 Å². The molecule has 146 valence electrons. The Hall–Kier alpha value is -2.82. The van der Waals surface area contributed by atoms with E-state index >= 15 is 0 Å². The van der Waals surface area contributed by atoms with Crippen LogP contribution in [-0.4, -0.2) is 46.9 Å². The van der Waals surface area contributed by atoms with Crippen molar-refractivity contribution >= 4 is 11.6 Å². The highest BCUT2D eigenvalue weighted by molar-refractivity contribution is 5.79. The van der Waals surface area contributed by atoms with Gasteiger partial charge in [0.1, 0.15) is 5.65 Å². The molecule has 0 bridgehead atoms. The SMILES string of the molecule is CN=C(NCCc1cn2ccccc2n1)N1CCC(Cc2ccccc2)CC1. The second kappa shape index (κ2) is 8.91. The molecule has 3 heterocycles. The molecule has 28 heavy (non-hydrogen) atoms. The maximum atomic E-state index is 4.67. The number of benzene rings is 1. The van der Waals surface area contributed by atoms with Crippen molar-refractivity contribution in [3.8, 4) is 0 Å². The van der Waals surface area contributed by atoms with Crippen molar-refractivity contribution in [3.63, 3.8) is 0 Å². The first-order valence-corrected chi connectivity index (χ1v) is 10.2. The molecule has 1 fully saturated rings.